The Morgan fingerprint density at radius 2 is 1.96 bits per heavy atom. The van der Waals surface area contributed by atoms with Gasteiger partial charge >= 0.3 is 12.1 Å². The summed E-state index contributed by atoms with van der Waals surface area (Å²) < 4.78 is 38.7. The van der Waals surface area contributed by atoms with Gasteiger partial charge in [0.25, 0.3) is 0 Å². The Labute approximate surface area is 160 Å². The molecule has 1 aliphatic rings. The highest BCUT2D eigenvalue weighted by atomic mass is 32.1. The van der Waals surface area contributed by atoms with Crippen LogP contribution < -0.4 is 0 Å². The topological polar surface area (TPSA) is 40.5 Å². The van der Waals surface area contributed by atoms with Crippen molar-refractivity contribution in [2.45, 2.75) is 38.4 Å². The highest BCUT2D eigenvalue weighted by Gasteiger charge is 2.33. The fourth-order valence-corrected chi connectivity index (χ4v) is 4.70. The van der Waals surface area contributed by atoms with Crippen molar-refractivity contribution in [1.82, 2.24) is 4.90 Å². The van der Waals surface area contributed by atoms with Crippen molar-refractivity contribution >= 4 is 17.3 Å². The molecule has 2 heterocycles. The van der Waals surface area contributed by atoms with Gasteiger partial charge in [-0.25, -0.2) is 0 Å². The van der Waals surface area contributed by atoms with Crippen molar-refractivity contribution < 1.29 is 23.1 Å². The highest BCUT2D eigenvalue weighted by molar-refractivity contribution is 7.12. The SMILES string of the molecule is CCc1ccc(C(c2ccc(C(F)(F)F)cc2)N2CCCC(C(=O)O)C2)s1. The molecular weight excluding hydrogens is 375 g/mol. The first-order chi connectivity index (χ1) is 12.8. The number of piperidine rings is 1. The van der Waals surface area contributed by atoms with E-state index in [1.165, 1.54) is 17.0 Å². The van der Waals surface area contributed by atoms with Crippen LogP contribution in [0.1, 0.15) is 46.7 Å². The molecular formula is C20H22F3NO2S. The first-order valence-electron chi connectivity index (χ1n) is 9.02. The summed E-state index contributed by atoms with van der Waals surface area (Å²) in [5.41, 5.74) is 0.0889. The molecule has 7 heteroatoms. The Morgan fingerprint density at radius 1 is 1.26 bits per heavy atom. The Balaban J connectivity index is 1.96. The number of hydrogen-bond acceptors (Lipinski definition) is 3. The van der Waals surface area contributed by atoms with Crippen LogP contribution in [0.2, 0.25) is 0 Å². The summed E-state index contributed by atoms with van der Waals surface area (Å²) in [5.74, 6) is -1.26. The van der Waals surface area contributed by atoms with E-state index in [0.29, 0.717) is 13.0 Å². The number of rotatable bonds is 5. The molecule has 1 saturated heterocycles. The van der Waals surface area contributed by atoms with Gasteiger partial charge in [-0.05, 0) is 55.6 Å². The zero-order valence-corrected chi connectivity index (χ0v) is 15.8. The molecule has 1 aromatic heterocycles. The molecule has 2 atom stereocenters. The van der Waals surface area contributed by atoms with Gasteiger partial charge in [-0.1, -0.05) is 19.1 Å². The van der Waals surface area contributed by atoms with Crippen molar-refractivity contribution in [3.63, 3.8) is 0 Å². The maximum atomic E-state index is 12.9. The molecule has 0 spiro atoms. The quantitative estimate of drug-likeness (QED) is 0.752. The number of aryl methyl sites for hydroxylation is 1. The minimum Gasteiger partial charge on any atom is -0.481 e. The summed E-state index contributed by atoms with van der Waals surface area (Å²) in [6, 6.07) is 9.07. The number of carboxylic acids is 1. The minimum atomic E-state index is -4.37. The third-order valence-corrected chi connectivity index (χ3v) is 6.30. The fourth-order valence-electron chi connectivity index (χ4n) is 3.58. The Morgan fingerprint density at radius 3 is 2.52 bits per heavy atom. The number of nitrogens with zero attached hydrogens (tertiary/aromatic N) is 1. The van der Waals surface area contributed by atoms with Crippen molar-refractivity contribution in [3.8, 4) is 0 Å². The number of hydrogen-bond donors (Lipinski definition) is 1. The third-order valence-electron chi connectivity index (χ3n) is 5.02. The van der Waals surface area contributed by atoms with Gasteiger partial charge in [0.05, 0.1) is 17.5 Å². The number of alkyl halides is 3. The molecule has 27 heavy (non-hydrogen) atoms. The lowest BCUT2D eigenvalue weighted by atomic mass is 9.94. The van der Waals surface area contributed by atoms with Crippen LogP contribution in [0, 0.1) is 5.92 Å². The lowest BCUT2D eigenvalue weighted by molar-refractivity contribution is -0.144. The lowest BCUT2D eigenvalue weighted by Gasteiger charge is -2.37. The molecule has 0 saturated carbocycles. The first kappa shape index (κ1) is 19.9. The van der Waals surface area contributed by atoms with E-state index in [2.05, 4.69) is 11.8 Å². The van der Waals surface area contributed by atoms with Crippen LogP contribution >= 0.6 is 11.3 Å². The number of thiophene rings is 1. The van der Waals surface area contributed by atoms with Gasteiger partial charge in [0.1, 0.15) is 0 Å². The molecule has 0 aliphatic carbocycles. The number of halogens is 3. The van der Waals surface area contributed by atoms with E-state index in [-0.39, 0.29) is 6.04 Å². The average Bonchev–Trinajstić information content (AvgIpc) is 3.10. The van der Waals surface area contributed by atoms with E-state index < -0.39 is 23.6 Å². The monoisotopic (exact) mass is 397 g/mol. The van der Waals surface area contributed by atoms with Crippen LogP contribution in [0.3, 0.4) is 0 Å². The lowest BCUT2D eigenvalue weighted by Crippen LogP contribution is -2.41. The molecule has 0 bridgehead atoms. The first-order valence-corrected chi connectivity index (χ1v) is 9.84. The average molecular weight is 397 g/mol. The third kappa shape index (κ3) is 4.52. The summed E-state index contributed by atoms with van der Waals surface area (Å²) >= 11 is 1.64. The second-order valence-corrected chi connectivity index (χ2v) is 8.05. The zero-order chi connectivity index (χ0) is 19.6. The largest absolute Gasteiger partial charge is 0.481 e. The van der Waals surface area contributed by atoms with Crippen molar-refractivity contribution in [2.24, 2.45) is 5.92 Å². The Hall–Kier alpha value is -1.86. The maximum absolute atomic E-state index is 12.9. The van der Waals surface area contributed by atoms with Gasteiger partial charge in [-0.15, -0.1) is 11.3 Å². The second-order valence-electron chi connectivity index (χ2n) is 6.85. The molecule has 2 aromatic rings. The van der Waals surface area contributed by atoms with E-state index in [1.807, 2.05) is 12.1 Å². The van der Waals surface area contributed by atoms with Gasteiger partial charge in [0.2, 0.25) is 0 Å². The van der Waals surface area contributed by atoms with Crippen LogP contribution in [0.5, 0.6) is 0 Å². The van der Waals surface area contributed by atoms with E-state index in [4.69, 9.17) is 0 Å². The summed E-state index contributed by atoms with van der Waals surface area (Å²) in [4.78, 5) is 15.8. The molecule has 146 valence electrons. The molecule has 2 unspecified atom stereocenters. The van der Waals surface area contributed by atoms with Crippen LogP contribution in [-0.2, 0) is 17.4 Å². The molecule has 1 N–H and O–H groups in total. The fraction of sp³-hybridized carbons (Fsp3) is 0.450. The predicted molar refractivity (Wildman–Crippen MR) is 98.9 cm³/mol. The molecule has 1 aliphatic heterocycles. The molecule has 1 fully saturated rings. The van der Waals surface area contributed by atoms with Crippen LogP contribution in [0.4, 0.5) is 13.2 Å². The number of benzene rings is 1. The summed E-state index contributed by atoms with van der Waals surface area (Å²) in [6.45, 7) is 3.19. The van der Waals surface area contributed by atoms with E-state index >= 15 is 0 Å². The van der Waals surface area contributed by atoms with E-state index in [9.17, 15) is 23.1 Å². The summed E-state index contributed by atoms with van der Waals surface area (Å²) in [5, 5.41) is 9.40. The molecule has 0 amide bonds. The maximum Gasteiger partial charge on any atom is 0.416 e. The Bertz CT molecular complexity index is 785. The van der Waals surface area contributed by atoms with Gasteiger partial charge < -0.3 is 5.11 Å². The number of aliphatic carboxylic acids is 1. The number of carboxylic acid groups (broad SMARTS) is 1. The second kappa shape index (κ2) is 8.02. The normalized spacial score (nSPS) is 19.8. The minimum absolute atomic E-state index is 0.222. The van der Waals surface area contributed by atoms with Crippen LogP contribution in [0.25, 0.3) is 0 Å². The summed E-state index contributed by atoms with van der Waals surface area (Å²) in [7, 11) is 0. The van der Waals surface area contributed by atoms with Crippen molar-refractivity contribution in [3.05, 3.63) is 57.3 Å². The van der Waals surface area contributed by atoms with Crippen LogP contribution in [-0.4, -0.2) is 29.1 Å². The van der Waals surface area contributed by atoms with E-state index in [0.717, 1.165) is 42.0 Å². The predicted octanol–water partition coefficient (Wildman–Crippen LogP) is 5.22. The molecule has 0 radical (unpaired) electrons. The number of carbonyl (C=O) groups is 1. The van der Waals surface area contributed by atoms with E-state index in [1.54, 1.807) is 11.3 Å². The van der Waals surface area contributed by atoms with Crippen molar-refractivity contribution in [1.29, 1.82) is 0 Å². The molecule has 3 rings (SSSR count). The smallest absolute Gasteiger partial charge is 0.416 e. The van der Waals surface area contributed by atoms with Gasteiger partial charge in [-0.2, -0.15) is 13.2 Å². The van der Waals surface area contributed by atoms with Gasteiger partial charge in [0, 0.05) is 16.3 Å². The molecule has 3 nitrogen and oxygen atoms in total. The zero-order valence-electron chi connectivity index (χ0n) is 15.0. The standard InChI is InChI=1S/C20H22F3NO2S/c1-2-16-9-10-17(27-16)18(24-11-3-4-14(12-24)19(25)26)13-5-7-15(8-6-13)20(21,22)23/h5-10,14,18H,2-4,11-12H2,1H3,(H,25,26). The molecule has 1 aromatic carbocycles. The van der Waals surface area contributed by atoms with Crippen LogP contribution in [0.15, 0.2) is 36.4 Å². The Kier molecular flexibility index (Phi) is 5.91. The van der Waals surface area contributed by atoms with Gasteiger partial charge in [-0.3, -0.25) is 9.69 Å². The van der Waals surface area contributed by atoms with Gasteiger partial charge in [0.15, 0.2) is 0 Å². The highest BCUT2D eigenvalue weighted by Crippen LogP contribution is 2.38. The summed E-state index contributed by atoms with van der Waals surface area (Å²) in [6.07, 6.45) is -2.08. The number of likely N-dealkylation sites (tertiary alicyclic amines) is 1. The van der Waals surface area contributed by atoms with Crippen molar-refractivity contribution in [2.75, 3.05) is 13.1 Å².